The molecule has 1 aromatic rings. The lowest BCUT2D eigenvalue weighted by Crippen LogP contribution is -1.82. The Bertz CT molecular complexity index is 236. The quantitative estimate of drug-likeness (QED) is 0.286. The van der Waals surface area contributed by atoms with Gasteiger partial charge in [-0.3, -0.25) is 0 Å². The van der Waals surface area contributed by atoms with E-state index in [0.717, 1.165) is 12.8 Å². The Hall–Kier alpha value is -0.990. The van der Waals surface area contributed by atoms with E-state index >= 15 is 0 Å². The van der Waals surface area contributed by atoms with Crippen molar-refractivity contribution < 1.29 is 0 Å². The number of nitrogens with zero attached hydrogens (tertiary/aromatic N) is 3. The van der Waals surface area contributed by atoms with Crippen molar-refractivity contribution in [2.45, 2.75) is 12.8 Å². The first-order chi connectivity index (χ1) is 5.43. The van der Waals surface area contributed by atoms with E-state index in [0.29, 0.717) is 6.54 Å². The highest BCUT2D eigenvalue weighted by Gasteiger charge is 1.91. The lowest BCUT2D eigenvalue weighted by molar-refractivity contribution is 0.837. The monoisotopic (exact) mass is 167 g/mol. The van der Waals surface area contributed by atoms with Crippen LogP contribution in [0.15, 0.2) is 22.6 Å². The molecule has 1 aromatic heterocycles. The fourth-order valence-corrected chi connectivity index (χ4v) is 1.57. The fraction of sp³-hybridized carbons (Fsp3) is 0.429. The van der Waals surface area contributed by atoms with Gasteiger partial charge in [-0.1, -0.05) is 11.2 Å². The van der Waals surface area contributed by atoms with Crippen molar-refractivity contribution in [1.82, 2.24) is 0 Å². The maximum absolute atomic E-state index is 7.98. The van der Waals surface area contributed by atoms with Gasteiger partial charge in [0.05, 0.1) is 0 Å². The molecule has 0 aliphatic heterocycles. The molecule has 1 rings (SSSR count). The Kier molecular flexibility index (Phi) is 3.52. The summed E-state index contributed by atoms with van der Waals surface area (Å²) < 4.78 is 0. The fourth-order valence-electron chi connectivity index (χ4n) is 0.824. The maximum atomic E-state index is 7.98. The van der Waals surface area contributed by atoms with E-state index in [1.54, 1.807) is 11.3 Å². The highest BCUT2D eigenvalue weighted by atomic mass is 32.1. The molecule has 3 nitrogen and oxygen atoms in total. The van der Waals surface area contributed by atoms with Gasteiger partial charge in [0.25, 0.3) is 0 Å². The second kappa shape index (κ2) is 4.77. The lowest BCUT2D eigenvalue weighted by Gasteiger charge is -1.90. The van der Waals surface area contributed by atoms with Crippen LogP contribution in [-0.2, 0) is 6.42 Å². The molecule has 0 amide bonds. The van der Waals surface area contributed by atoms with Crippen LogP contribution >= 0.6 is 11.3 Å². The predicted molar refractivity (Wildman–Crippen MR) is 46.7 cm³/mol. The summed E-state index contributed by atoms with van der Waals surface area (Å²) in [6.07, 6.45) is 1.97. The molecule has 0 saturated heterocycles. The minimum Gasteiger partial charge on any atom is -0.149 e. The molecule has 0 N–H and O–H groups in total. The third kappa shape index (κ3) is 3.07. The maximum Gasteiger partial charge on any atom is 0.0261 e. The van der Waals surface area contributed by atoms with E-state index < -0.39 is 0 Å². The van der Waals surface area contributed by atoms with Gasteiger partial charge in [-0.25, -0.2) is 0 Å². The van der Waals surface area contributed by atoms with Gasteiger partial charge in [0, 0.05) is 16.3 Å². The number of aryl methyl sites for hydroxylation is 1. The Morgan fingerprint density at radius 1 is 1.64 bits per heavy atom. The summed E-state index contributed by atoms with van der Waals surface area (Å²) in [6, 6.07) is 4.13. The SMILES string of the molecule is [N-]=[N+]=NCCCc1cccs1. The molecule has 0 bridgehead atoms. The zero-order valence-electron chi connectivity index (χ0n) is 6.10. The number of rotatable bonds is 4. The molecule has 0 radical (unpaired) electrons. The average molecular weight is 167 g/mol. The molecular weight excluding hydrogens is 158 g/mol. The van der Waals surface area contributed by atoms with Crippen molar-refractivity contribution >= 4 is 11.3 Å². The molecule has 0 aliphatic carbocycles. The number of azide groups is 1. The van der Waals surface area contributed by atoms with Gasteiger partial charge < -0.3 is 0 Å². The Labute approximate surface area is 69.3 Å². The van der Waals surface area contributed by atoms with Crippen LogP contribution in [0.1, 0.15) is 11.3 Å². The summed E-state index contributed by atoms with van der Waals surface area (Å²) in [5, 5.41) is 5.51. The summed E-state index contributed by atoms with van der Waals surface area (Å²) in [6.45, 7) is 0.606. The molecule has 4 heteroatoms. The van der Waals surface area contributed by atoms with Gasteiger partial charge in [0.1, 0.15) is 0 Å². The van der Waals surface area contributed by atoms with Gasteiger partial charge in [0.15, 0.2) is 0 Å². The molecule has 0 aliphatic rings. The van der Waals surface area contributed by atoms with Gasteiger partial charge in [0.2, 0.25) is 0 Å². The first-order valence-corrected chi connectivity index (χ1v) is 4.34. The Morgan fingerprint density at radius 3 is 3.18 bits per heavy atom. The molecule has 58 valence electrons. The summed E-state index contributed by atoms with van der Waals surface area (Å²) in [4.78, 5) is 4.04. The van der Waals surface area contributed by atoms with Crippen LogP contribution in [0.4, 0.5) is 0 Å². The van der Waals surface area contributed by atoms with E-state index in [2.05, 4.69) is 21.5 Å². The van der Waals surface area contributed by atoms with Crippen LogP contribution in [0, 0.1) is 0 Å². The van der Waals surface area contributed by atoms with Crippen LogP contribution in [0.5, 0.6) is 0 Å². The van der Waals surface area contributed by atoms with Crippen molar-refractivity contribution in [1.29, 1.82) is 0 Å². The molecule has 0 spiro atoms. The molecule has 0 aromatic carbocycles. The van der Waals surface area contributed by atoms with Gasteiger partial charge in [-0.2, -0.15) is 0 Å². The second-order valence-electron chi connectivity index (χ2n) is 2.14. The van der Waals surface area contributed by atoms with Gasteiger partial charge in [-0.15, -0.1) is 11.3 Å². The normalized spacial score (nSPS) is 9.09. The van der Waals surface area contributed by atoms with Gasteiger partial charge >= 0.3 is 0 Å². The first-order valence-electron chi connectivity index (χ1n) is 3.46. The highest BCUT2D eigenvalue weighted by Crippen LogP contribution is 2.10. The molecular formula is C7H9N3S. The Balaban J connectivity index is 2.18. The van der Waals surface area contributed by atoms with Crippen LogP contribution in [0.3, 0.4) is 0 Å². The summed E-state index contributed by atoms with van der Waals surface area (Å²) in [5.41, 5.74) is 7.98. The van der Waals surface area contributed by atoms with Gasteiger partial charge in [-0.05, 0) is 29.8 Å². The molecule has 0 saturated carbocycles. The average Bonchev–Trinajstić information content (AvgIpc) is 2.50. The number of hydrogen-bond donors (Lipinski definition) is 0. The van der Waals surface area contributed by atoms with Crippen molar-refractivity contribution in [2.75, 3.05) is 6.54 Å². The first kappa shape index (κ1) is 8.11. The number of thiophene rings is 1. The van der Waals surface area contributed by atoms with Crippen LogP contribution in [0.2, 0.25) is 0 Å². The third-order valence-electron chi connectivity index (χ3n) is 1.32. The van der Waals surface area contributed by atoms with E-state index in [9.17, 15) is 0 Å². The topological polar surface area (TPSA) is 48.8 Å². The van der Waals surface area contributed by atoms with Crippen molar-refractivity contribution in [3.8, 4) is 0 Å². The highest BCUT2D eigenvalue weighted by molar-refractivity contribution is 7.09. The van der Waals surface area contributed by atoms with Crippen LogP contribution in [0.25, 0.3) is 10.4 Å². The smallest absolute Gasteiger partial charge is 0.0261 e. The predicted octanol–water partition coefficient (Wildman–Crippen LogP) is 2.99. The van der Waals surface area contributed by atoms with E-state index in [1.807, 2.05) is 6.07 Å². The van der Waals surface area contributed by atoms with Crippen molar-refractivity contribution in [3.63, 3.8) is 0 Å². The zero-order chi connectivity index (χ0) is 7.94. The molecule has 11 heavy (non-hydrogen) atoms. The van der Waals surface area contributed by atoms with Crippen molar-refractivity contribution in [2.24, 2.45) is 5.11 Å². The molecule has 0 atom stereocenters. The van der Waals surface area contributed by atoms with E-state index in [4.69, 9.17) is 5.53 Å². The Morgan fingerprint density at radius 2 is 2.55 bits per heavy atom. The van der Waals surface area contributed by atoms with E-state index in [-0.39, 0.29) is 0 Å². The molecule has 0 fully saturated rings. The lowest BCUT2D eigenvalue weighted by atomic mass is 10.3. The summed E-state index contributed by atoms with van der Waals surface area (Å²) in [7, 11) is 0. The summed E-state index contributed by atoms with van der Waals surface area (Å²) in [5.74, 6) is 0. The molecule has 0 unspecified atom stereocenters. The van der Waals surface area contributed by atoms with Crippen molar-refractivity contribution in [3.05, 3.63) is 32.8 Å². The van der Waals surface area contributed by atoms with Crippen LogP contribution in [-0.4, -0.2) is 6.54 Å². The minimum absolute atomic E-state index is 0.606. The minimum atomic E-state index is 0.606. The second-order valence-corrected chi connectivity index (χ2v) is 3.17. The zero-order valence-corrected chi connectivity index (χ0v) is 6.92. The molecule has 1 heterocycles. The number of hydrogen-bond acceptors (Lipinski definition) is 2. The largest absolute Gasteiger partial charge is 0.149 e. The third-order valence-corrected chi connectivity index (χ3v) is 2.26. The van der Waals surface area contributed by atoms with Crippen LogP contribution < -0.4 is 0 Å². The standard InChI is InChI=1S/C7H9N3S/c8-10-9-5-1-3-7-4-2-6-11-7/h2,4,6H,1,3,5H2. The van der Waals surface area contributed by atoms with E-state index in [1.165, 1.54) is 4.88 Å². The summed E-state index contributed by atoms with van der Waals surface area (Å²) >= 11 is 1.75.